The number of benzene rings is 4. The number of esters is 1. The molecular weight excluding hydrogens is 564 g/mol. The summed E-state index contributed by atoms with van der Waals surface area (Å²) < 4.78 is 32.6. The van der Waals surface area contributed by atoms with Crippen molar-refractivity contribution < 1.29 is 22.7 Å². The third-order valence-electron chi connectivity index (χ3n) is 7.55. The van der Waals surface area contributed by atoms with E-state index in [0.717, 1.165) is 34.0 Å². The summed E-state index contributed by atoms with van der Waals surface area (Å²) in [4.78, 5) is 28.0. The maximum atomic E-state index is 13.7. The third kappa shape index (κ3) is 6.54. The monoisotopic (exact) mass is 598 g/mol. The van der Waals surface area contributed by atoms with Crippen molar-refractivity contribution in [2.45, 2.75) is 42.9 Å². The van der Waals surface area contributed by atoms with Crippen LogP contribution >= 0.6 is 0 Å². The van der Waals surface area contributed by atoms with Crippen molar-refractivity contribution in [2.24, 2.45) is 5.73 Å². The number of rotatable bonds is 10. The molecule has 0 saturated carbocycles. The highest BCUT2D eigenvalue weighted by Gasteiger charge is 2.36. The molecule has 0 aromatic heterocycles. The van der Waals surface area contributed by atoms with Crippen LogP contribution in [0.1, 0.15) is 36.5 Å². The Bertz CT molecular complexity index is 1790. The van der Waals surface area contributed by atoms with Crippen LogP contribution < -0.4 is 16.0 Å². The number of aryl methyl sites for hydroxylation is 2. The minimum Gasteiger partial charge on any atom is -0.464 e. The molecule has 0 fully saturated rings. The van der Waals surface area contributed by atoms with Crippen molar-refractivity contribution in [3.63, 3.8) is 0 Å². The predicted octanol–water partition coefficient (Wildman–Crippen LogP) is 4.81. The predicted molar refractivity (Wildman–Crippen MR) is 168 cm³/mol. The van der Waals surface area contributed by atoms with Crippen molar-refractivity contribution in [1.82, 2.24) is 0 Å². The molecule has 4 aromatic rings. The average Bonchev–Trinajstić information content (AvgIpc) is 3.02. The van der Waals surface area contributed by atoms with E-state index in [-0.39, 0.29) is 23.2 Å². The second-order valence-electron chi connectivity index (χ2n) is 10.4. The van der Waals surface area contributed by atoms with Crippen LogP contribution in [-0.2, 0) is 37.0 Å². The third-order valence-corrected chi connectivity index (χ3v) is 9.39. The second kappa shape index (κ2) is 12.7. The van der Waals surface area contributed by atoms with Gasteiger partial charge in [0, 0.05) is 29.9 Å². The first-order chi connectivity index (χ1) is 20.7. The summed E-state index contributed by atoms with van der Waals surface area (Å²) in [5.74, 6) is -0.900. The minimum atomic E-state index is -4.17. The summed E-state index contributed by atoms with van der Waals surface area (Å²) in [6.45, 7) is 2.25. The molecule has 222 valence electrons. The fourth-order valence-corrected chi connectivity index (χ4v) is 6.73. The van der Waals surface area contributed by atoms with Gasteiger partial charge in [0.1, 0.15) is 5.84 Å². The van der Waals surface area contributed by atoms with Gasteiger partial charge in [0.25, 0.3) is 0 Å². The lowest BCUT2D eigenvalue weighted by atomic mass is 9.99. The van der Waals surface area contributed by atoms with Crippen LogP contribution in [0.15, 0.2) is 89.8 Å². The number of fused-ring (bicyclic) bond motifs is 2. The number of ether oxygens (including phenoxy) is 1. The average molecular weight is 599 g/mol. The number of amidine groups is 1. The van der Waals surface area contributed by atoms with Crippen molar-refractivity contribution in [3.05, 3.63) is 102 Å². The number of amides is 1. The summed E-state index contributed by atoms with van der Waals surface area (Å²) in [7, 11) is -4.17. The fraction of sp³-hybridized carbons (Fsp3) is 0.242. The van der Waals surface area contributed by atoms with Crippen LogP contribution in [0.2, 0.25) is 0 Å². The summed E-state index contributed by atoms with van der Waals surface area (Å²) in [5.41, 5.74) is 9.26. The van der Waals surface area contributed by atoms with Gasteiger partial charge in [-0.05, 0) is 78.4 Å². The van der Waals surface area contributed by atoms with Gasteiger partial charge in [-0.3, -0.25) is 10.2 Å². The normalized spacial score (nSPS) is 13.7. The molecule has 0 bridgehead atoms. The van der Waals surface area contributed by atoms with Crippen LogP contribution in [0.4, 0.5) is 11.4 Å². The van der Waals surface area contributed by atoms with Gasteiger partial charge in [-0.15, -0.1) is 0 Å². The van der Waals surface area contributed by atoms with Gasteiger partial charge < -0.3 is 20.7 Å². The molecule has 1 amide bonds. The quantitative estimate of drug-likeness (QED) is 0.135. The molecule has 0 aliphatic carbocycles. The summed E-state index contributed by atoms with van der Waals surface area (Å²) in [5, 5.41) is 10.4. The van der Waals surface area contributed by atoms with Crippen molar-refractivity contribution in [1.29, 1.82) is 5.41 Å². The Kier molecular flexibility index (Phi) is 8.77. The van der Waals surface area contributed by atoms with E-state index < -0.39 is 21.2 Å². The Balaban J connectivity index is 1.35. The summed E-state index contributed by atoms with van der Waals surface area (Å²) >= 11 is 0. The molecule has 10 heteroatoms. The standard InChI is InChI=1S/C33H34N4O5S/c1-2-42-33(39)32(43(40,41)28-16-14-23-6-3-4-7-25(23)21-28)36-27-15-17-29-26(20-27)8-5-19-37(29)30(38)18-11-22-9-12-24(13-10-22)31(34)35/h3-4,6-7,9-10,12-17,20-21,32,36H,2,5,8,11,18-19H2,1H3,(H3,34,35). The van der Waals surface area contributed by atoms with Gasteiger partial charge in [-0.1, -0.05) is 54.6 Å². The van der Waals surface area contributed by atoms with Crippen LogP contribution in [0.3, 0.4) is 0 Å². The lowest BCUT2D eigenvalue weighted by Gasteiger charge is -2.30. The van der Waals surface area contributed by atoms with Crippen molar-refractivity contribution in [3.8, 4) is 0 Å². The molecular formula is C33H34N4O5S. The molecule has 1 aliphatic heterocycles. The number of anilines is 2. The lowest BCUT2D eigenvalue weighted by molar-refractivity contribution is -0.142. The molecule has 1 heterocycles. The molecule has 1 aliphatic rings. The molecule has 9 nitrogen and oxygen atoms in total. The molecule has 4 aromatic carbocycles. The Morgan fingerprint density at radius 3 is 2.47 bits per heavy atom. The SMILES string of the molecule is CCOC(=O)C(Nc1ccc2c(c1)CCCN2C(=O)CCc1ccc(C(=N)N)cc1)S(=O)(=O)c1ccc2ccccc2c1. The number of sulfone groups is 1. The van der Waals surface area contributed by atoms with E-state index in [1.807, 2.05) is 36.4 Å². The highest BCUT2D eigenvalue weighted by atomic mass is 32.2. The number of nitrogens with two attached hydrogens (primary N) is 1. The lowest BCUT2D eigenvalue weighted by Crippen LogP contribution is -2.39. The number of nitrogen functional groups attached to an aromatic ring is 1. The first-order valence-electron chi connectivity index (χ1n) is 14.2. The van der Waals surface area contributed by atoms with Gasteiger partial charge >= 0.3 is 5.97 Å². The van der Waals surface area contributed by atoms with Crippen LogP contribution in [0.25, 0.3) is 10.8 Å². The highest BCUT2D eigenvalue weighted by Crippen LogP contribution is 2.32. The molecule has 1 atom stereocenters. The van der Waals surface area contributed by atoms with Gasteiger partial charge in [0.2, 0.25) is 21.1 Å². The maximum Gasteiger partial charge on any atom is 0.344 e. The molecule has 0 saturated heterocycles. The maximum absolute atomic E-state index is 13.7. The van der Waals surface area contributed by atoms with Gasteiger partial charge in [-0.2, -0.15) is 0 Å². The van der Waals surface area contributed by atoms with E-state index in [1.54, 1.807) is 54.3 Å². The van der Waals surface area contributed by atoms with E-state index in [1.165, 1.54) is 6.07 Å². The van der Waals surface area contributed by atoms with E-state index in [4.69, 9.17) is 15.9 Å². The second-order valence-corrected chi connectivity index (χ2v) is 12.5. The molecule has 4 N–H and O–H groups in total. The summed E-state index contributed by atoms with van der Waals surface area (Å²) in [6.07, 6.45) is 2.33. The topological polar surface area (TPSA) is 143 Å². The number of hydrogen-bond acceptors (Lipinski definition) is 7. The Morgan fingerprint density at radius 1 is 1.00 bits per heavy atom. The van der Waals surface area contributed by atoms with Crippen LogP contribution in [-0.4, -0.2) is 44.7 Å². The van der Waals surface area contributed by atoms with Crippen LogP contribution in [0, 0.1) is 5.41 Å². The van der Waals surface area contributed by atoms with E-state index in [0.29, 0.717) is 37.1 Å². The number of hydrogen-bond donors (Lipinski definition) is 3. The molecule has 5 rings (SSSR count). The Hall–Kier alpha value is -4.70. The molecule has 1 unspecified atom stereocenters. The highest BCUT2D eigenvalue weighted by molar-refractivity contribution is 7.93. The smallest absolute Gasteiger partial charge is 0.344 e. The minimum absolute atomic E-state index is 0.00118. The molecule has 0 spiro atoms. The molecule has 0 radical (unpaired) electrons. The van der Waals surface area contributed by atoms with Gasteiger partial charge in [-0.25, -0.2) is 13.2 Å². The zero-order valence-electron chi connectivity index (χ0n) is 23.9. The zero-order valence-corrected chi connectivity index (χ0v) is 24.7. The number of carbonyl (C=O) groups excluding carboxylic acids is 2. The Labute approximate surface area is 251 Å². The molecule has 43 heavy (non-hydrogen) atoms. The van der Waals surface area contributed by atoms with Crippen molar-refractivity contribution in [2.75, 3.05) is 23.4 Å². The van der Waals surface area contributed by atoms with E-state index in [2.05, 4.69) is 5.32 Å². The van der Waals surface area contributed by atoms with Gasteiger partial charge in [0.05, 0.1) is 11.5 Å². The Morgan fingerprint density at radius 2 is 1.74 bits per heavy atom. The fourth-order valence-electron chi connectivity index (χ4n) is 5.30. The number of nitrogens with one attached hydrogen (secondary N) is 2. The first kappa shape index (κ1) is 29.8. The number of carbonyl (C=O) groups is 2. The number of nitrogens with zero attached hydrogens (tertiary/aromatic N) is 1. The largest absolute Gasteiger partial charge is 0.464 e. The van der Waals surface area contributed by atoms with Crippen molar-refractivity contribution >= 4 is 49.7 Å². The first-order valence-corrected chi connectivity index (χ1v) is 15.7. The van der Waals surface area contributed by atoms with Crippen LogP contribution in [0.5, 0.6) is 0 Å². The zero-order chi connectivity index (χ0) is 30.6. The van der Waals surface area contributed by atoms with E-state index >= 15 is 0 Å². The van der Waals surface area contributed by atoms with Gasteiger partial charge in [0.15, 0.2) is 0 Å². The van der Waals surface area contributed by atoms with E-state index in [9.17, 15) is 18.0 Å². The summed E-state index contributed by atoms with van der Waals surface area (Å²) in [6, 6.07) is 24.8.